The standard InChI is InChI=1S/C15H15ClN2O5S/c16-12-4-1-10(2-5-12)14(9-20)24(22,23)18-15(21)11-3-6-13(8-19)17-7-11/h1-7,14,19-20H,8-9H2,(H,18,21). The molecule has 0 spiro atoms. The third-order valence-electron chi connectivity index (χ3n) is 3.27. The Kier molecular flexibility index (Phi) is 5.89. The highest BCUT2D eigenvalue weighted by molar-refractivity contribution is 7.90. The molecule has 3 N–H and O–H groups in total. The predicted octanol–water partition coefficient (Wildman–Crippen LogP) is 1.02. The van der Waals surface area contributed by atoms with Crippen molar-refractivity contribution in [3.8, 4) is 0 Å². The van der Waals surface area contributed by atoms with E-state index in [-0.39, 0.29) is 12.2 Å². The van der Waals surface area contributed by atoms with Crippen LogP contribution >= 0.6 is 11.6 Å². The van der Waals surface area contributed by atoms with Crippen LogP contribution in [0, 0.1) is 0 Å². The summed E-state index contributed by atoms with van der Waals surface area (Å²) in [7, 11) is -4.17. The van der Waals surface area contributed by atoms with Crippen LogP contribution in [0.1, 0.15) is 26.9 Å². The lowest BCUT2D eigenvalue weighted by molar-refractivity contribution is 0.0980. The Bertz CT molecular complexity index is 807. The van der Waals surface area contributed by atoms with E-state index in [1.165, 1.54) is 36.4 Å². The summed E-state index contributed by atoms with van der Waals surface area (Å²) < 4.78 is 26.6. The van der Waals surface area contributed by atoms with Gasteiger partial charge in [-0.15, -0.1) is 0 Å². The lowest BCUT2D eigenvalue weighted by Gasteiger charge is -2.16. The Balaban J connectivity index is 2.21. The molecule has 0 saturated heterocycles. The van der Waals surface area contributed by atoms with Crippen molar-refractivity contribution in [2.45, 2.75) is 11.9 Å². The number of sulfonamides is 1. The van der Waals surface area contributed by atoms with E-state index in [0.29, 0.717) is 16.3 Å². The fourth-order valence-corrected chi connectivity index (χ4v) is 3.33. The van der Waals surface area contributed by atoms with Gasteiger partial charge < -0.3 is 10.2 Å². The van der Waals surface area contributed by atoms with Gasteiger partial charge in [0.2, 0.25) is 10.0 Å². The molecule has 0 saturated carbocycles. The minimum absolute atomic E-state index is 0.0172. The van der Waals surface area contributed by atoms with Crippen molar-refractivity contribution in [2.75, 3.05) is 6.61 Å². The zero-order valence-electron chi connectivity index (χ0n) is 12.4. The van der Waals surface area contributed by atoms with Crippen molar-refractivity contribution in [3.63, 3.8) is 0 Å². The zero-order valence-corrected chi connectivity index (χ0v) is 14.0. The monoisotopic (exact) mass is 370 g/mol. The van der Waals surface area contributed by atoms with Crippen LogP contribution in [0.3, 0.4) is 0 Å². The molecular formula is C15H15ClN2O5S. The number of hydrogen-bond acceptors (Lipinski definition) is 6. The van der Waals surface area contributed by atoms with Crippen LogP contribution in [0.4, 0.5) is 0 Å². The fourth-order valence-electron chi connectivity index (χ4n) is 1.97. The number of carbonyl (C=O) groups is 1. The molecule has 2 aromatic rings. The van der Waals surface area contributed by atoms with E-state index in [1.807, 2.05) is 4.72 Å². The van der Waals surface area contributed by atoms with Crippen LogP contribution in [-0.4, -0.2) is 36.1 Å². The number of nitrogens with zero attached hydrogens (tertiary/aromatic N) is 1. The Labute approximate surface area is 144 Å². The average molecular weight is 371 g/mol. The number of hydrogen-bond donors (Lipinski definition) is 3. The highest BCUT2D eigenvalue weighted by Crippen LogP contribution is 2.23. The Hall–Kier alpha value is -2.00. The fraction of sp³-hybridized carbons (Fsp3) is 0.200. The van der Waals surface area contributed by atoms with Gasteiger partial charge in [0.05, 0.1) is 24.5 Å². The minimum Gasteiger partial charge on any atom is -0.395 e. The van der Waals surface area contributed by atoms with E-state index in [1.54, 1.807) is 0 Å². The molecule has 0 aliphatic heterocycles. The summed E-state index contributed by atoms with van der Waals surface area (Å²) in [5.74, 6) is -0.876. The Morgan fingerprint density at radius 1 is 1.17 bits per heavy atom. The first-order valence-corrected chi connectivity index (χ1v) is 8.78. The van der Waals surface area contributed by atoms with E-state index in [2.05, 4.69) is 4.98 Å². The van der Waals surface area contributed by atoms with Crippen LogP contribution in [0.2, 0.25) is 5.02 Å². The molecule has 1 unspecified atom stereocenters. The first-order valence-electron chi connectivity index (χ1n) is 6.85. The molecule has 0 aliphatic rings. The number of nitrogens with one attached hydrogen (secondary N) is 1. The van der Waals surface area contributed by atoms with Crippen LogP contribution in [0.5, 0.6) is 0 Å². The normalized spacial score (nSPS) is 12.6. The molecule has 1 aromatic heterocycles. The van der Waals surface area contributed by atoms with Crippen molar-refractivity contribution in [2.24, 2.45) is 0 Å². The van der Waals surface area contributed by atoms with Gasteiger partial charge in [0.15, 0.2) is 0 Å². The van der Waals surface area contributed by atoms with Gasteiger partial charge in [-0.05, 0) is 29.8 Å². The molecule has 1 heterocycles. The van der Waals surface area contributed by atoms with Gasteiger partial charge in [0, 0.05) is 11.2 Å². The maximum atomic E-state index is 12.4. The van der Waals surface area contributed by atoms with E-state index >= 15 is 0 Å². The number of carbonyl (C=O) groups excluding carboxylic acids is 1. The summed E-state index contributed by atoms with van der Waals surface area (Å²) in [6.07, 6.45) is 1.16. The molecule has 0 bridgehead atoms. The SMILES string of the molecule is O=C(NS(=O)(=O)C(CO)c1ccc(Cl)cc1)c1ccc(CO)nc1. The molecule has 2 rings (SSSR count). The number of halogens is 1. The number of aliphatic hydroxyl groups is 2. The minimum atomic E-state index is -4.17. The second-order valence-corrected chi connectivity index (χ2v) is 7.19. The second-order valence-electron chi connectivity index (χ2n) is 4.90. The van der Waals surface area contributed by atoms with Crippen LogP contribution in [0.25, 0.3) is 0 Å². The molecular weight excluding hydrogens is 356 g/mol. The van der Waals surface area contributed by atoms with Gasteiger partial charge in [-0.25, -0.2) is 13.1 Å². The first kappa shape index (κ1) is 18.3. The zero-order chi connectivity index (χ0) is 17.7. The van der Waals surface area contributed by atoms with Crippen molar-refractivity contribution >= 4 is 27.5 Å². The quantitative estimate of drug-likeness (QED) is 0.699. The van der Waals surface area contributed by atoms with Crippen molar-refractivity contribution in [3.05, 3.63) is 64.4 Å². The summed E-state index contributed by atoms with van der Waals surface area (Å²) in [5.41, 5.74) is 0.670. The number of benzene rings is 1. The highest BCUT2D eigenvalue weighted by atomic mass is 35.5. The number of pyridine rings is 1. The van der Waals surface area contributed by atoms with Gasteiger partial charge in [-0.3, -0.25) is 9.78 Å². The average Bonchev–Trinajstić information content (AvgIpc) is 2.56. The van der Waals surface area contributed by atoms with E-state index < -0.39 is 27.8 Å². The maximum absolute atomic E-state index is 12.4. The smallest absolute Gasteiger partial charge is 0.266 e. The van der Waals surface area contributed by atoms with Crippen molar-refractivity contribution < 1.29 is 23.4 Å². The summed E-state index contributed by atoms with van der Waals surface area (Å²) in [6.45, 7) is -0.991. The molecule has 0 aliphatic carbocycles. The molecule has 0 radical (unpaired) electrons. The molecule has 0 fully saturated rings. The highest BCUT2D eigenvalue weighted by Gasteiger charge is 2.29. The topological polar surface area (TPSA) is 117 Å². The molecule has 1 amide bonds. The van der Waals surface area contributed by atoms with Gasteiger partial charge in [-0.2, -0.15) is 0 Å². The lowest BCUT2D eigenvalue weighted by Crippen LogP contribution is -2.35. The molecule has 24 heavy (non-hydrogen) atoms. The summed E-state index contributed by atoms with van der Waals surface area (Å²) in [5, 5.41) is 17.4. The van der Waals surface area contributed by atoms with Crippen molar-refractivity contribution in [1.82, 2.24) is 9.71 Å². The molecule has 1 atom stereocenters. The predicted molar refractivity (Wildman–Crippen MR) is 87.8 cm³/mol. The first-order chi connectivity index (χ1) is 11.4. The summed E-state index contributed by atoms with van der Waals surface area (Å²) in [6, 6.07) is 8.67. The van der Waals surface area contributed by atoms with E-state index in [4.69, 9.17) is 16.7 Å². The third-order valence-corrected chi connectivity index (χ3v) is 5.16. The molecule has 9 heteroatoms. The largest absolute Gasteiger partial charge is 0.395 e. The third kappa shape index (κ3) is 4.30. The number of rotatable bonds is 6. The second kappa shape index (κ2) is 7.71. The molecule has 7 nitrogen and oxygen atoms in total. The van der Waals surface area contributed by atoms with Crippen LogP contribution in [0.15, 0.2) is 42.6 Å². The maximum Gasteiger partial charge on any atom is 0.266 e. The van der Waals surface area contributed by atoms with Gasteiger partial charge in [0.1, 0.15) is 5.25 Å². The summed E-state index contributed by atoms with van der Waals surface area (Å²) >= 11 is 5.76. The van der Waals surface area contributed by atoms with Crippen molar-refractivity contribution in [1.29, 1.82) is 0 Å². The van der Waals surface area contributed by atoms with Crippen LogP contribution < -0.4 is 4.72 Å². The number of aliphatic hydroxyl groups excluding tert-OH is 2. The van der Waals surface area contributed by atoms with E-state index in [9.17, 15) is 18.3 Å². The van der Waals surface area contributed by atoms with Gasteiger partial charge in [-0.1, -0.05) is 23.7 Å². The number of amides is 1. The number of aromatic nitrogens is 1. The van der Waals surface area contributed by atoms with Gasteiger partial charge >= 0.3 is 0 Å². The van der Waals surface area contributed by atoms with Gasteiger partial charge in [0.25, 0.3) is 5.91 Å². The Morgan fingerprint density at radius 2 is 1.83 bits per heavy atom. The molecule has 128 valence electrons. The lowest BCUT2D eigenvalue weighted by atomic mass is 10.1. The molecule has 1 aromatic carbocycles. The van der Waals surface area contributed by atoms with E-state index in [0.717, 1.165) is 6.20 Å². The van der Waals surface area contributed by atoms with Crippen LogP contribution in [-0.2, 0) is 16.6 Å². The Morgan fingerprint density at radius 3 is 2.33 bits per heavy atom. The summed E-state index contributed by atoms with van der Waals surface area (Å²) in [4.78, 5) is 15.9.